The summed E-state index contributed by atoms with van der Waals surface area (Å²) in [4.78, 5) is 45.1. The molecule has 0 amide bonds. The molecule has 0 aliphatic heterocycles. The van der Waals surface area contributed by atoms with Gasteiger partial charge >= 0.3 is 13.6 Å². The third kappa shape index (κ3) is 17.8. The number of ether oxygens (including phenoxy) is 1. The Morgan fingerprint density at radius 3 is 1.24 bits per heavy atom. The standard InChI is InChI=1S/C30H60NO6P/c1-3-5-7-9-11-13-15-17-19-21-23-25-28(32)30(27-31,38(34,35)36)37-29(33)26-24-22-20-18-16-14-12-10-8-6-4-2/h3-27,31H2,1-2H3,(H2,34,35,36). The monoisotopic (exact) mass is 561 g/mol. The molecule has 0 rings (SSSR count). The topological polar surface area (TPSA) is 127 Å². The number of esters is 1. The Kier molecular flexibility index (Phi) is 23.6. The molecule has 0 heterocycles. The molecule has 1 atom stereocenters. The highest BCUT2D eigenvalue weighted by molar-refractivity contribution is 7.54. The summed E-state index contributed by atoms with van der Waals surface area (Å²) in [6, 6.07) is 0. The lowest BCUT2D eigenvalue weighted by Crippen LogP contribution is -2.49. The van der Waals surface area contributed by atoms with Crippen LogP contribution in [0.2, 0.25) is 0 Å². The first-order chi connectivity index (χ1) is 18.2. The van der Waals surface area contributed by atoms with Gasteiger partial charge in [-0.05, 0) is 12.8 Å². The number of ketones is 1. The van der Waals surface area contributed by atoms with Crippen LogP contribution in [0.15, 0.2) is 0 Å². The van der Waals surface area contributed by atoms with Gasteiger partial charge in [-0.2, -0.15) is 0 Å². The summed E-state index contributed by atoms with van der Waals surface area (Å²) in [5.74, 6) is -1.53. The summed E-state index contributed by atoms with van der Waals surface area (Å²) in [5.41, 5.74) is 5.64. The van der Waals surface area contributed by atoms with Crippen molar-refractivity contribution in [3.8, 4) is 0 Å². The fourth-order valence-electron chi connectivity index (χ4n) is 4.87. The summed E-state index contributed by atoms with van der Waals surface area (Å²) >= 11 is 0. The van der Waals surface area contributed by atoms with E-state index in [-0.39, 0.29) is 12.8 Å². The van der Waals surface area contributed by atoms with Crippen LogP contribution in [0.25, 0.3) is 0 Å². The third-order valence-electron chi connectivity index (χ3n) is 7.46. The van der Waals surface area contributed by atoms with Crippen molar-refractivity contribution in [2.45, 2.75) is 173 Å². The molecular formula is C30H60NO6P. The van der Waals surface area contributed by atoms with Crippen molar-refractivity contribution < 1.29 is 28.7 Å². The molecule has 0 aliphatic rings. The van der Waals surface area contributed by atoms with E-state index in [1.165, 1.54) is 89.9 Å². The Morgan fingerprint density at radius 1 is 0.605 bits per heavy atom. The predicted octanol–water partition coefficient (Wildman–Crippen LogP) is 8.33. The van der Waals surface area contributed by atoms with Crippen molar-refractivity contribution in [1.82, 2.24) is 0 Å². The third-order valence-corrected chi connectivity index (χ3v) is 8.92. The van der Waals surface area contributed by atoms with Crippen LogP contribution < -0.4 is 5.73 Å². The molecule has 8 heteroatoms. The zero-order chi connectivity index (χ0) is 28.5. The van der Waals surface area contributed by atoms with Gasteiger partial charge in [-0.1, -0.05) is 142 Å². The summed E-state index contributed by atoms with van der Waals surface area (Å²) in [6.45, 7) is 3.72. The Balaban J connectivity index is 4.25. The fraction of sp³-hybridized carbons (Fsp3) is 0.933. The number of Topliss-reactive ketones (excluding diaryl/α,β-unsaturated/α-hetero) is 1. The van der Waals surface area contributed by atoms with Crippen LogP contribution in [0, 0.1) is 0 Å². The van der Waals surface area contributed by atoms with Crippen LogP contribution in [0.1, 0.15) is 168 Å². The molecule has 226 valence electrons. The quantitative estimate of drug-likeness (QED) is 0.0498. The Bertz CT molecular complexity index is 638. The second kappa shape index (κ2) is 24.1. The van der Waals surface area contributed by atoms with Crippen LogP contribution >= 0.6 is 7.60 Å². The van der Waals surface area contributed by atoms with Crippen LogP contribution in [-0.4, -0.2) is 33.4 Å². The van der Waals surface area contributed by atoms with Crippen molar-refractivity contribution in [2.24, 2.45) is 5.73 Å². The second-order valence-corrected chi connectivity index (χ2v) is 12.8. The van der Waals surface area contributed by atoms with Gasteiger partial charge in [0.2, 0.25) is 0 Å². The summed E-state index contributed by atoms with van der Waals surface area (Å²) < 4.78 is 17.4. The van der Waals surface area contributed by atoms with E-state index < -0.39 is 31.2 Å². The van der Waals surface area contributed by atoms with E-state index in [1.807, 2.05) is 0 Å². The van der Waals surface area contributed by atoms with Crippen LogP contribution in [-0.2, 0) is 18.9 Å². The zero-order valence-corrected chi connectivity index (χ0v) is 25.6. The molecule has 0 fully saturated rings. The Labute approximate surface area is 233 Å². The molecule has 0 saturated heterocycles. The average Bonchev–Trinajstić information content (AvgIpc) is 2.88. The van der Waals surface area contributed by atoms with Gasteiger partial charge in [-0.25, -0.2) is 0 Å². The van der Waals surface area contributed by atoms with Gasteiger partial charge in [0.1, 0.15) is 0 Å². The number of nitrogens with two attached hydrogens (primary N) is 1. The molecule has 38 heavy (non-hydrogen) atoms. The summed E-state index contributed by atoms with van der Waals surface area (Å²) in [7, 11) is -5.08. The molecule has 0 aromatic carbocycles. The van der Waals surface area contributed by atoms with Gasteiger partial charge in [0, 0.05) is 12.8 Å². The second-order valence-electron chi connectivity index (χ2n) is 11.0. The maximum absolute atomic E-state index is 12.8. The van der Waals surface area contributed by atoms with Gasteiger partial charge < -0.3 is 20.3 Å². The highest BCUT2D eigenvalue weighted by Crippen LogP contribution is 2.52. The Morgan fingerprint density at radius 2 is 0.921 bits per heavy atom. The van der Waals surface area contributed by atoms with Gasteiger partial charge in [0.25, 0.3) is 5.34 Å². The summed E-state index contributed by atoms with van der Waals surface area (Å²) in [5, 5.41) is -2.56. The number of carbonyl (C=O) groups excluding carboxylic acids is 2. The molecule has 0 radical (unpaired) electrons. The molecule has 0 spiro atoms. The van der Waals surface area contributed by atoms with E-state index in [1.54, 1.807) is 0 Å². The highest BCUT2D eigenvalue weighted by atomic mass is 31.2. The molecule has 0 aromatic rings. The lowest BCUT2D eigenvalue weighted by Gasteiger charge is -2.31. The molecule has 1 unspecified atom stereocenters. The number of carbonyl (C=O) groups is 2. The summed E-state index contributed by atoms with van der Waals surface area (Å²) in [6.07, 6.45) is 24.7. The normalized spacial score (nSPS) is 13.4. The van der Waals surface area contributed by atoms with Crippen LogP contribution in [0.5, 0.6) is 0 Å². The van der Waals surface area contributed by atoms with Crippen molar-refractivity contribution in [3.05, 3.63) is 0 Å². The van der Waals surface area contributed by atoms with Crippen molar-refractivity contribution in [3.63, 3.8) is 0 Å². The first-order valence-corrected chi connectivity index (χ1v) is 17.4. The maximum Gasteiger partial charge on any atom is 0.377 e. The minimum absolute atomic E-state index is 0.0322. The average molecular weight is 562 g/mol. The molecule has 0 saturated carbocycles. The molecule has 0 bridgehead atoms. The van der Waals surface area contributed by atoms with Crippen LogP contribution in [0.4, 0.5) is 0 Å². The van der Waals surface area contributed by atoms with E-state index >= 15 is 0 Å². The van der Waals surface area contributed by atoms with E-state index in [4.69, 9.17) is 10.5 Å². The lowest BCUT2D eigenvalue weighted by atomic mass is 10.0. The lowest BCUT2D eigenvalue weighted by molar-refractivity contribution is -0.160. The molecule has 7 nitrogen and oxygen atoms in total. The highest BCUT2D eigenvalue weighted by Gasteiger charge is 2.55. The van der Waals surface area contributed by atoms with Gasteiger partial charge in [0.15, 0.2) is 5.78 Å². The first kappa shape index (κ1) is 37.2. The van der Waals surface area contributed by atoms with E-state index in [2.05, 4.69) is 13.8 Å². The van der Waals surface area contributed by atoms with Gasteiger partial charge in [-0.3, -0.25) is 14.2 Å². The minimum atomic E-state index is -5.08. The largest absolute Gasteiger partial charge is 0.436 e. The maximum atomic E-state index is 12.8. The molecular weight excluding hydrogens is 501 g/mol. The number of hydrogen-bond acceptors (Lipinski definition) is 5. The van der Waals surface area contributed by atoms with E-state index in [0.29, 0.717) is 12.8 Å². The smallest absolute Gasteiger partial charge is 0.377 e. The van der Waals surface area contributed by atoms with Gasteiger partial charge in [0.05, 0.1) is 6.54 Å². The number of hydrogen-bond donors (Lipinski definition) is 3. The van der Waals surface area contributed by atoms with E-state index in [9.17, 15) is 23.9 Å². The minimum Gasteiger partial charge on any atom is -0.436 e. The van der Waals surface area contributed by atoms with Crippen molar-refractivity contribution >= 4 is 19.3 Å². The van der Waals surface area contributed by atoms with Crippen molar-refractivity contribution in [2.75, 3.05) is 6.54 Å². The SMILES string of the molecule is CCCCCCCCCCCCCC(=O)OC(CN)(C(=O)CCCCCCCCCCCCC)P(=O)(O)O. The number of unbranched alkanes of at least 4 members (excludes halogenated alkanes) is 20. The molecule has 0 aromatic heterocycles. The number of rotatable bonds is 28. The first-order valence-electron chi connectivity index (χ1n) is 15.8. The molecule has 0 aliphatic carbocycles. The fourth-order valence-corrected chi connectivity index (χ4v) is 5.77. The van der Waals surface area contributed by atoms with E-state index in [0.717, 1.165) is 38.5 Å². The molecule has 4 N–H and O–H groups in total. The zero-order valence-electron chi connectivity index (χ0n) is 24.7. The Hall–Kier alpha value is -0.750. The van der Waals surface area contributed by atoms with Crippen molar-refractivity contribution in [1.29, 1.82) is 0 Å². The van der Waals surface area contributed by atoms with Crippen LogP contribution in [0.3, 0.4) is 0 Å². The predicted molar refractivity (Wildman–Crippen MR) is 157 cm³/mol. The van der Waals surface area contributed by atoms with Gasteiger partial charge in [-0.15, -0.1) is 0 Å².